The van der Waals surface area contributed by atoms with Crippen molar-refractivity contribution in [1.29, 1.82) is 0 Å². The Morgan fingerprint density at radius 2 is 1.91 bits per heavy atom. The van der Waals surface area contributed by atoms with Gasteiger partial charge in [0.2, 0.25) is 0 Å². The van der Waals surface area contributed by atoms with Gasteiger partial charge in [-0.25, -0.2) is 4.79 Å². The van der Waals surface area contributed by atoms with E-state index in [1.807, 2.05) is 0 Å². The fraction of sp³-hybridized carbons (Fsp3) is 0.136. The van der Waals surface area contributed by atoms with Crippen LogP contribution >= 0.6 is 0 Å². The third-order valence-electron chi connectivity index (χ3n) is 4.57. The highest BCUT2D eigenvalue weighted by atomic mass is 16.6. The highest BCUT2D eigenvalue weighted by molar-refractivity contribution is 6.31. The SMILES string of the molecule is C=CCN1C(=O)NC(=O)C(=Cc2ccc(OCc3ccccc3[N+](=O)[O-])c(OC)c2)C1=O. The molecule has 1 heterocycles. The average Bonchev–Trinajstić information content (AvgIpc) is 2.78. The number of imide groups is 2. The molecule has 10 nitrogen and oxygen atoms in total. The Balaban J connectivity index is 1.84. The van der Waals surface area contributed by atoms with Crippen LogP contribution < -0.4 is 14.8 Å². The number of hydrogen-bond donors (Lipinski definition) is 1. The van der Waals surface area contributed by atoms with E-state index in [-0.39, 0.29) is 24.4 Å². The van der Waals surface area contributed by atoms with Crippen LogP contribution in [0.15, 0.2) is 60.7 Å². The second-order valence-electron chi connectivity index (χ2n) is 6.61. The molecule has 0 aliphatic carbocycles. The van der Waals surface area contributed by atoms with Gasteiger partial charge in [0.15, 0.2) is 11.5 Å². The second-order valence-corrected chi connectivity index (χ2v) is 6.61. The van der Waals surface area contributed by atoms with Gasteiger partial charge in [-0.3, -0.25) is 29.9 Å². The summed E-state index contributed by atoms with van der Waals surface area (Å²) in [4.78, 5) is 48.0. The number of nitrogens with zero attached hydrogens (tertiary/aromatic N) is 2. The smallest absolute Gasteiger partial charge is 0.331 e. The van der Waals surface area contributed by atoms with Crippen LogP contribution in [0, 0.1) is 10.1 Å². The van der Waals surface area contributed by atoms with Gasteiger partial charge in [0, 0.05) is 12.6 Å². The molecule has 32 heavy (non-hydrogen) atoms. The number of barbiturate groups is 1. The van der Waals surface area contributed by atoms with Gasteiger partial charge >= 0.3 is 6.03 Å². The topological polar surface area (TPSA) is 128 Å². The lowest BCUT2D eigenvalue weighted by Gasteiger charge is -2.25. The Bertz CT molecular complexity index is 1140. The van der Waals surface area contributed by atoms with Crippen molar-refractivity contribution in [3.8, 4) is 11.5 Å². The maximum atomic E-state index is 12.5. The zero-order chi connectivity index (χ0) is 23.3. The number of ether oxygens (including phenoxy) is 2. The Kier molecular flexibility index (Phi) is 6.64. The van der Waals surface area contributed by atoms with Crippen molar-refractivity contribution in [3.05, 3.63) is 81.9 Å². The Morgan fingerprint density at radius 1 is 1.16 bits per heavy atom. The fourth-order valence-electron chi connectivity index (χ4n) is 3.02. The first-order chi connectivity index (χ1) is 15.3. The van der Waals surface area contributed by atoms with E-state index in [0.29, 0.717) is 22.6 Å². The molecule has 1 N–H and O–H groups in total. The number of para-hydroxylation sites is 1. The fourth-order valence-corrected chi connectivity index (χ4v) is 3.02. The van der Waals surface area contributed by atoms with Gasteiger partial charge in [0.25, 0.3) is 17.5 Å². The summed E-state index contributed by atoms with van der Waals surface area (Å²) in [5.41, 5.74) is 0.559. The first kappa shape index (κ1) is 22.2. The zero-order valence-corrected chi connectivity index (χ0v) is 17.1. The summed E-state index contributed by atoms with van der Waals surface area (Å²) >= 11 is 0. The van der Waals surface area contributed by atoms with Crippen LogP contribution in [0.2, 0.25) is 0 Å². The summed E-state index contributed by atoms with van der Waals surface area (Å²) < 4.78 is 11.0. The van der Waals surface area contributed by atoms with E-state index in [1.54, 1.807) is 30.3 Å². The highest BCUT2D eigenvalue weighted by Crippen LogP contribution is 2.31. The van der Waals surface area contributed by atoms with Crippen molar-refractivity contribution in [3.63, 3.8) is 0 Å². The molecule has 0 aromatic heterocycles. The minimum absolute atomic E-state index is 0.0446. The lowest BCUT2D eigenvalue weighted by molar-refractivity contribution is -0.385. The molecule has 4 amide bonds. The number of carbonyl (C=O) groups is 3. The van der Waals surface area contributed by atoms with Gasteiger partial charge in [0.05, 0.1) is 17.6 Å². The summed E-state index contributed by atoms with van der Waals surface area (Å²) in [5.74, 6) is -0.943. The van der Waals surface area contributed by atoms with Crippen LogP contribution in [0.3, 0.4) is 0 Å². The number of carbonyl (C=O) groups excluding carboxylic acids is 3. The first-order valence-electron chi connectivity index (χ1n) is 9.38. The van der Waals surface area contributed by atoms with Gasteiger partial charge in [-0.05, 0) is 29.8 Å². The molecule has 1 saturated heterocycles. The summed E-state index contributed by atoms with van der Waals surface area (Å²) in [6.07, 6.45) is 2.70. The number of nitro benzene ring substituents is 1. The van der Waals surface area contributed by atoms with Crippen LogP contribution in [0.25, 0.3) is 6.08 Å². The van der Waals surface area contributed by atoms with E-state index in [9.17, 15) is 24.5 Å². The predicted octanol–water partition coefficient (Wildman–Crippen LogP) is 2.83. The van der Waals surface area contributed by atoms with Gasteiger partial charge < -0.3 is 9.47 Å². The minimum Gasteiger partial charge on any atom is -0.493 e. The van der Waals surface area contributed by atoms with Crippen molar-refractivity contribution in [2.45, 2.75) is 6.61 Å². The minimum atomic E-state index is -0.812. The number of nitrogens with one attached hydrogen (secondary N) is 1. The van der Waals surface area contributed by atoms with E-state index in [1.165, 1.54) is 31.4 Å². The zero-order valence-electron chi connectivity index (χ0n) is 17.1. The van der Waals surface area contributed by atoms with Gasteiger partial charge in [-0.1, -0.05) is 24.3 Å². The summed E-state index contributed by atoms with van der Waals surface area (Å²) in [6.45, 7) is 3.39. The first-order valence-corrected chi connectivity index (χ1v) is 9.38. The molecule has 1 fully saturated rings. The summed E-state index contributed by atoms with van der Waals surface area (Å²) in [7, 11) is 1.41. The lowest BCUT2D eigenvalue weighted by atomic mass is 10.1. The molecule has 0 radical (unpaired) electrons. The normalized spacial score (nSPS) is 14.8. The van der Waals surface area contributed by atoms with E-state index < -0.39 is 22.8 Å². The molecule has 1 aliphatic rings. The van der Waals surface area contributed by atoms with E-state index >= 15 is 0 Å². The number of nitro groups is 1. The van der Waals surface area contributed by atoms with Crippen LogP contribution in [0.5, 0.6) is 11.5 Å². The van der Waals surface area contributed by atoms with Gasteiger partial charge in [0.1, 0.15) is 12.2 Å². The van der Waals surface area contributed by atoms with Crippen molar-refractivity contribution in [2.24, 2.45) is 0 Å². The van der Waals surface area contributed by atoms with E-state index in [4.69, 9.17) is 9.47 Å². The molecule has 10 heteroatoms. The van der Waals surface area contributed by atoms with Crippen molar-refractivity contribution in [1.82, 2.24) is 10.2 Å². The van der Waals surface area contributed by atoms with E-state index in [2.05, 4.69) is 11.9 Å². The largest absolute Gasteiger partial charge is 0.493 e. The van der Waals surface area contributed by atoms with Crippen molar-refractivity contribution < 1.29 is 28.8 Å². The second kappa shape index (κ2) is 9.56. The number of hydrogen-bond acceptors (Lipinski definition) is 7. The molecule has 2 aromatic carbocycles. The van der Waals surface area contributed by atoms with E-state index in [0.717, 1.165) is 4.90 Å². The molecular formula is C22H19N3O7. The summed E-state index contributed by atoms with van der Waals surface area (Å²) in [6, 6.07) is 10.1. The monoisotopic (exact) mass is 437 g/mol. The number of benzene rings is 2. The maximum absolute atomic E-state index is 12.5. The molecule has 3 rings (SSSR count). The predicted molar refractivity (Wildman–Crippen MR) is 114 cm³/mol. The molecule has 0 unspecified atom stereocenters. The number of methoxy groups -OCH3 is 1. The number of rotatable bonds is 8. The van der Waals surface area contributed by atoms with Crippen molar-refractivity contribution in [2.75, 3.05) is 13.7 Å². The van der Waals surface area contributed by atoms with Crippen LogP contribution in [-0.2, 0) is 16.2 Å². The molecule has 0 spiro atoms. The number of amides is 4. The van der Waals surface area contributed by atoms with Crippen LogP contribution in [0.4, 0.5) is 10.5 Å². The molecule has 1 aliphatic heterocycles. The van der Waals surface area contributed by atoms with Gasteiger partial charge in [-0.2, -0.15) is 0 Å². The van der Waals surface area contributed by atoms with Crippen molar-refractivity contribution >= 4 is 29.6 Å². The summed E-state index contributed by atoms with van der Waals surface area (Å²) in [5, 5.41) is 13.3. The molecule has 0 bridgehead atoms. The molecular weight excluding hydrogens is 418 g/mol. The molecule has 2 aromatic rings. The molecule has 164 valence electrons. The molecule has 0 saturated carbocycles. The molecule has 0 atom stereocenters. The van der Waals surface area contributed by atoms with Gasteiger partial charge in [-0.15, -0.1) is 6.58 Å². The Labute approximate surface area is 182 Å². The standard InChI is InChI=1S/C22H19N3O7/c1-3-10-24-21(27)16(20(26)23-22(24)28)11-14-8-9-18(19(12-14)31-2)32-13-15-6-4-5-7-17(15)25(29)30/h3-9,11-12H,1,10,13H2,2H3,(H,23,26,28). The maximum Gasteiger partial charge on any atom is 0.331 e. The van der Waals surface area contributed by atoms with Crippen LogP contribution in [0.1, 0.15) is 11.1 Å². The lowest BCUT2D eigenvalue weighted by Crippen LogP contribution is -2.54. The average molecular weight is 437 g/mol. The Morgan fingerprint density at radius 3 is 2.59 bits per heavy atom. The Hall–Kier alpha value is -4.47. The number of urea groups is 1. The highest BCUT2D eigenvalue weighted by Gasteiger charge is 2.34. The third kappa shape index (κ3) is 4.64. The quantitative estimate of drug-likeness (QED) is 0.221. The third-order valence-corrected chi connectivity index (χ3v) is 4.57. The van der Waals surface area contributed by atoms with Crippen LogP contribution in [-0.4, -0.2) is 41.3 Å².